The SMILES string of the molecule is C=C(N)C[C@H](NC(=O)CCOCCOCCOCCOCCNC(=O)CN1C(=O)C=CC1=O)C(=O)NC(CCN(C(=O)CO)C(c1cc(-c2cc(F)ccc2F)cn1Cc1ccccc1)C(C)(C)C)C(=O)NCCC(=O)N[C@H](CCC(=O)O)C(=O)O. The second kappa shape index (κ2) is 35.8. The highest BCUT2D eigenvalue weighted by molar-refractivity contribution is 6.14. The highest BCUT2D eigenvalue weighted by atomic mass is 19.1. The standard InChI is InChI=1S/C58H77F2N9O17/c1-37(61)30-45(65-48(72)18-22-83-24-26-85-28-29-86-27-25-84-23-20-62-49(73)35-69-50(74)13-14-51(69)75)56(80)66-43(55(79)63-19-16-47(71)64-44(57(81)82)12-15-53(77)78)17-21-68(52(76)36-70)54(58(2,3)4)46-31-39(41-32-40(59)10-11-42(41)60)34-67(46)33-38-8-6-5-7-9-38/h5-11,13-14,31-32,34,43-45,54,70H,1,12,15-30,33,35-36,61H2,2-4H3,(H,62,73)(H,63,79)(H,64,71)(H,65,72)(H,66,80)(H,77,78)(H,81,82)/t43?,44-,45+,54?/m1/s1. The van der Waals surface area contributed by atoms with Crippen LogP contribution < -0.4 is 32.3 Å². The van der Waals surface area contributed by atoms with Crippen LogP contribution in [-0.4, -0.2) is 193 Å². The lowest BCUT2D eigenvalue weighted by molar-refractivity contribution is -0.143. The van der Waals surface area contributed by atoms with E-state index in [4.69, 9.17) is 29.8 Å². The van der Waals surface area contributed by atoms with Crippen LogP contribution in [0.1, 0.15) is 76.6 Å². The van der Waals surface area contributed by atoms with Crippen LogP contribution in [0.2, 0.25) is 0 Å². The van der Waals surface area contributed by atoms with Gasteiger partial charge in [0, 0.05) is 92.7 Å². The maximum atomic E-state index is 15.4. The number of benzene rings is 2. The molecule has 1 aliphatic rings. The number of halogens is 2. The first kappa shape index (κ1) is 70.0. The predicted octanol–water partition coefficient (Wildman–Crippen LogP) is 1.05. The van der Waals surface area contributed by atoms with Crippen molar-refractivity contribution in [3.8, 4) is 11.1 Å². The molecule has 0 aliphatic carbocycles. The van der Waals surface area contributed by atoms with Crippen LogP contribution in [0.25, 0.3) is 11.1 Å². The van der Waals surface area contributed by atoms with Gasteiger partial charge in [-0.05, 0) is 48.1 Å². The molecule has 8 amide bonds. The number of hydrogen-bond acceptors (Lipinski definition) is 16. The van der Waals surface area contributed by atoms with E-state index < -0.39 is 133 Å². The van der Waals surface area contributed by atoms with Crippen molar-refractivity contribution in [3.05, 3.63) is 108 Å². The highest BCUT2D eigenvalue weighted by Crippen LogP contribution is 2.41. The van der Waals surface area contributed by atoms with Gasteiger partial charge in [0.25, 0.3) is 11.8 Å². The highest BCUT2D eigenvalue weighted by Gasteiger charge is 2.38. The fraction of sp³-hybridized carbons (Fsp3) is 0.483. The molecule has 3 aromatic rings. The van der Waals surface area contributed by atoms with E-state index in [-0.39, 0.29) is 115 Å². The van der Waals surface area contributed by atoms with E-state index in [9.17, 15) is 62.5 Å². The molecule has 0 radical (unpaired) electrons. The summed E-state index contributed by atoms with van der Waals surface area (Å²) >= 11 is 0. The first-order valence-electron chi connectivity index (χ1n) is 27.6. The Balaban J connectivity index is 1.41. The van der Waals surface area contributed by atoms with E-state index in [1.165, 1.54) is 4.90 Å². The zero-order chi connectivity index (χ0) is 63.3. The number of aliphatic hydroxyl groups excluding tert-OH is 1. The number of aromatic nitrogens is 1. The summed E-state index contributed by atoms with van der Waals surface area (Å²) in [5.74, 6) is -9.96. The van der Waals surface area contributed by atoms with Gasteiger partial charge in [-0.2, -0.15) is 0 Å². The molecule has 86 heavy (non-hydrogen) atoms. The minimum absolute atomic E-state index is 0.0260. The van der Waals surface area contributed by atoms with Gasteiger partial charge in [0.2, 0.25) is 35.4 Å². The number of hydrogen-bond donors (Lipinski definition) is 9. The smallest absolute Gasteiger partial charge is 0.326 e. The Kier molecular flexibility index (Phi) is 29.1. The van der Waals surface area contributed by atoms with Crippen LogP contribution >= 0.6 is 0 Å². The predicted molar refractivity (Wildman–Crippen MR) is 304 cm³/mol. The lowest BCUT2D eigenvalue weighted by Gasteiger charge is -2.41. The van der Waals surface area contributed by atoms with Gasteiger partial charge in [-0.15, -0.1) is 0 Å². The van der Waals surface area contributed by atoms with Crippen molar-refractivity contribution in [2.75, 3.05) is 85.6 Å². The lowest BCUT2D eigenvalue weighted by Crippen LogP contribution is -2.55. The Labute approximate surface area is 495 Å². The van der Waals surface area contributed by atoms with E-state index in [0.29, 0.717) is 5.69 Å². The summed E-state index contributed by atoms with van der Waals surface area (Å²) in [6.45, 7) is 8.43. The Morgan fingerprint density at radius 1 is 0.698 bits per heavy atom. The Morgan fingerprint density at radius 2 is 1.30 bits per heavy atom. The molecular formula is C58H77F2N9O17. The number of rotatable bonds is 40. The molecule has 26 nitrogen and oxygen atoms in total. The monoisotopic (exact) mass is 1210 g/mol. The summed E-state index contributed by atoms with van der Waals surface area (Å²) < 4.78 is 53.7. The first-order chi connectivity index (χ1) is 40.9. The van der Waals surface area contributed by atoms with Crippen molar-refractivity contribution < 1.29 is 91.0 Å². The number of carbonyl (C=O) groups is 10. The van der Waals surface area contributed by atoms with Crippen LogP contribution in [0.3, 0.4) is 0 Å². The third-order valence-electron chi connectivity index (χ3n) is 12.9. The van der Waals surface area contributed by atoms with E-state index in [1.807, 2.05) is 30.3 Å². The zero-order valence-corrected chi connectivity index (χ0v) is 48.3. The second-order valence-electron chi connectivity index (χ2n) is 20.8. The molecule has 2 aromatic carbocycles. The molecule has 470 valence electrons. The number of nitrogens with one attached hydrogen (secondary N) is 5. The number of carbonyl (C=O) groups excluding carboxylic acids is 8. The number of imide groups is 1. The average Bonchev–Trinajstić information content (AvgIpc) is 1.92. The molecule has 28 heteroatoms. The quantitative estimate of drug-likeness (QED) is 0.0284. The second-order valence-corrected chi connectivity index (χ2v) is 20.8. The van der Waals surface area contributed by atoms with Gasteiger partial charge in [-0.25, -0.2) is 13.6 Å². The van der Waals surface area contributed by atoms with E-state index >= 15 is 4.39 Å². The zero-order valence-electron chi connectivity index (χ0n) is 48.3. The van der Waals surface area contributed by atoms with Crippen molar-refractivity contribution in [1.82, 2.24) is 41.0 Å². The van der Waals surface area contributed by atoms with Crippen molar-refractivity contribution in [2.45, 2.75) is 90.0 Å². The fourth-order valence-electron chi connectivity index (χ4n) is 8.84. The minimum Gasteiger partial charge on any atom is -0.481 e. The maximum Gasteiger partial charge on any atom is 0.326 e. The number of aliphatic carboxylic acids is 2. The molecule has 1 aromatic heterocycles. The van der Waals surface area contributed by atoms with Crippen LogP contribution in [-0.2, 0) is 73.4 Å². The lowest BCUT2D eigenvalue weighted by atomic mass is 9.82. The number of carboxylic acids is 2. The molecule has 0 bridgehead atoms. The summed E-state index contributed by atoms with van der Waals surface area (Å²) in [7, 11) is 0. The van der Waals surface area contributed by atoms with Gasteiger partial charge in [0.1, 0.15) is 42.9 Å². The van der Waals surface area contributed by atoms with Crippen LogP contribution in [0.5, 0.6) is 0 Å². The van der Waals surface area contributed by atoms with Crippen LogP contribution in [0, 0.1) is 17.0 Å². The summed E-state index contributed by atoms with van der Waals surface area (Å²) in [6.07, 6.45) is 1.40. The van der Waals surface area contributed by atoms with Crippen LogP contribution in [0.4, 0.5) is 8.78 Å². The van der Waals surface area contributed by atoms with Gasteiger partial charge in [-0.1, -0.05) is 57.7 Å². The maximum absolute atomic E-state index is 15.4. The number of nitrogens with zero attached hydrogens (tertiary/aromatic N) is 3. The van der Waals surface area contributed by atoms with E-state index in [1.54, 1.807) is 37.6 Å². The average molecular weight is 1210 g/mol. The summed E-state index contributed by atoms with van der Waals surface area (Å²) in [5.41, 5.74) is 6.46. The molecule has 0 spiro atoms. The normalized spacial score (nSPS) is 13.5. The third-order valence-corrected chi connectivity index (χ3v) is 12.9. The minimum atomic E-state index is -1.55. The van der Waals surface area contributed by atoms with E-state index in [2.05, 4.69) is 33.2 Å². The molecule has 2 heterocycles. The molecule has 0 fully saturated rings. The van der Waals surface area contributed by atoms with Crippen molar-refractivity contribution >= 4 is 59.2 Å². The summed E-state index contributed by atoms with van der Waals surface area (Å²) in [5, 5.41) is 41.5. The van der Waals surface area contributed by atoms with Gasteiger partial charge in [0.05, 0.1) is 58.9 Å². The van der Waals surface area contributed by atoms with Gasteiger partial charge >= 0.3 is 11.9 Å². The number of aliphatic hydroxyl groups is 1. The van der Waals surface area contributed by atoms with Crippen molar-refractivity contribution in [2.24, 2.45) is 11.1 Å². The number of ether oxygens (including phenoxy) is 4. The molecule has 4 rings (SSSR count). The van der Waals surface area contributed by atoms with Gasteiger partial charge in [0.15, 0.2) is 0 Å². The molecule has 0 saturated carbocycles. The topological polar surface area (TPSA) is 366 Å². The molecule has 10 N–H and O–H groups in total. The molecule has 0 saturated heterocycles. The molecule has 2 unspecified atom stereocenters. The number of carboxylic acid groups (broad SMARTS) is 2. The Bertz CT molecular complexity index is 2840. The Morgan fingerprint density at radius 3 is 1.90 bits per heavy atom. The summed E-state index contributed by atoms with van der Waals surface area (Å²) in [6, 6.07) is 8.28. The molecular weight excluding hydrogens is 1130 g/mol. The fourth-order valence-corrected chi connectivity index (χ4v) is 8.84. The summed E-state index contributed by atoms with van der Waals surface area (Å²) in [4.78, 5) is 129. The molecule has 1 aliphatic heterocycles. The first-order valence-corrected chi connectivity index (χ1v) is 27.6. The van der Waals surface area contributed by atoms with Crippen molar-refractivity contribution in [3.63, 3.8) is 0 Å². The molecule has 4 atom stereocenters. The van der Waals surface area contributed by atoms with Crippen LogP contribution in [0.15, 0.2) is 85.2 Å². The third kappa shape index (κ3) is 24.3. The number of amides is 8. The Hall–Kier alpha value is -8.44. The van der Waals surface area contributed by atoms with Gasteiger partial charge in [-0.3, -0.25) is 48.1 Å². The van der Waals surface area contributed by atoms with Crippen molar-refractivity contribution in [1.29, 1.82) is 0 Å². The van der Waals surface area contributed by atoms with E-state index in [0.717, 1.165) is 40.8 Å². The largest absolute Gasteiger partial charge is 0.481 e. The number of nitrogens with two attached hydrogens (primary N) is 1. The van der Waals surface area contributed by atoms with Gasteiger partial charge < -0.3 is 76.1 Å².